The smallest absolute Gasteiger partial charge is 0.252 e. The lowest BCUT2D eigenvalue weighted by atomic mass is 9.80. The first-order valence-corrected chi connectivity index (χ1v) is 11.2. The Morgan fingerprint density at radius 3 is 2.62 bits per heavy atom. The van der Waals surface area contributed by atoms with Gasteiger partial charge >= 0.3 is 0 Å². The molecule has 2 aromatic rings. The van der Waals surface area contributed by atoms with E-state index >= 15 is 0 Å². The van der Waals surface area contributed by atoms with Crippen LogP contribution in [0.3, 0.4) is 0 Å². The second-order valence-electron chi connectivity index (χ2n) is 9.01. The number of nitrogens with zero attached hydrogens (tertiary/aromatic N) is 6. The Morgan fingerprint density at radius 1 is 1.16 bits per heavy atom. The Balaban J connectivity index is 1.39. The van der Waals surface area contributed by atoms with Gasteiger partial charge < -0.3 is 25.5 Å². The molecule has 3 aliphatic rings. The number of amides is 1. The van der Waals surface area contributed by atoms with Gasteiger partial charge in [-0.2, -0.15) is 0 Å². The number of aliphatic imine (C=N–C) groups is 1. The van der Waals surface area contributed by atoms with Crippen LogP contribution < -0.4 is 20.4 Å². The number of rotatable bonds is 3. The summed E-state index contributed by atoms with van der Waals surface area (Å²) in [5, 5.41) is 9.34. The Bertz CT molecular complexity index is 1060. The molecule has 0 radical (unpaired) electrons. The average molecular weight is 436 g/mol. The zero-order valence-electron chi connectivity index (χ0n) is 18.4. The fourth-order valence-corrected chi connectivity index (χ4v) is 4.71. The molecule has 0 unspecified atom stereocenters. The second kappa shape index (κ2) is 8.14. The maximum atomic E-state index is 12.2. The molecule has 0 saturated carbocycles. The molecule has 1 amide bonds. The molecule has 3 aliphatic heterocycles. The Hall–Kier alpha value is -3.04. The Morgan fingerprint density at radius 2 is 1.91 bits per heavy atom. The molecule has 1 saturated heterocycles. The van der Waals surface area contributed by atoms with Crippen molar-refractivity contribution < 1.29 is 9.90 Å². The molecular formula is C23H29N7O2. The molecule has 1 aromatic carbocycles. The van der Waals surface area contributed by atoms with E-state index in [4.69, 9.17) is 20.7 Å². The van der Waals surface area contributed by atoms with Gasteiger partial charge in [-0.05, 0) is 36.9 Å². The maximum Gasteiger partial charge on any atom is 0.252 e. The van der Waals surface area contributed by atoms with Crippen LogP contribution in [-0.2, 0) is 11.3 Å². The molecule has 168 valence electrons. The highest BCUT2D eigenvalue weighted by molar-refractivity contribution is 6.14. The minimum atomic E-state index is -0.507. The van der Waals surface area contributed by atoms with Gasteiger partial charge in [-0.1, -0.05) is 19.1 Å². The van der Waals surface area contributed by atoms with Crippen LogP contribution in [0.25, 0.3) is 0 Å². The van der Waals surface area contributed by atoms with E-state index in [0.717, 1.165) is 60.3 Å². The van der Waals surface area contributed by atoms with Crippen LogP contribution in [-0.4, -0.2) is 66.1 Å². The topological polar surface area (TPSA) is 111 Å². The summed E-state index contributed by atoms with van der Waals surface area (Å²) in [4.78, 5) is 32.7. The summed E-state index contributed by atoms with van der Waals surface area (Å²) in [5.74, 6) is 1.39. The van der Waals surface area contributed by atoms with Crippen LogP contribution in [0.15, 0.2) is 35.5 Å². The van der Waals surface area contributed by atoms with Gasteiger partial charge in [-0.3, -0.25) is 9.79 Å². The summed E-state index contributed by atoms with van der Waals surface area (Å²) in [6.45, 7) is 5.88. The summed E-state index contributed by atoms with van der Waals surface area (Å²) in [6.07, 6.45) is 3.96. The number of aliphatic hydroxyl groups excluding tert-OH is 1. The molecule has 9 nitrogen and oxygen atoms in total. The largest absolute Gasteiger partial charge is 0.387 e. The monoisotopic (exact) mass is 435 g/mol. The number of amidine groups is 1. The third-order valence-electron chi connectivity index (χ3n) is 6.91. The van der Waals surface area contributed by atoms with Gasteiger partial charge in [0, 0.05) is 26.2 Å². The lowest BCUT2D eigenvalue weighted by Gasteiger charge is -2.39. The SMILES string of the molecule is CC1(CN)CCN(c2cnc3c(n2)CN=C3N2CCN(C(=O)CO)c3ccccc32)CC1. The minimum absolute atomic E-state index is 0.212. The van der Waals surface area contributed by atoms with Crippen molar-refractivity contribution in [2.75, 3.05) is 54.0 Å². The van der Waals surface area contributed by atoms with E-state index in [1.807, 2.05) is 30.5 Å². The highest BCUT2D eigenvalue weighted by Crippen LogP contribution is 2.36. The number of anilines is 3. The first-order chi connectivity index (χ1) is 15.5. The lowest BCUT2D eigenvalue weighted by molar-refractivity contribution is -0.121. The van der Waals surface area contributed by atoms with Crippen LogP contribution in [0.5, 0.6) is 0 Å². The normalized spacial score (nSPS) is 19.5. The summed E-state index contributed by atoms with van der Waals surface area (Å²) < 4.78 is 0. The number of aliphatic hydroxyl groups is 1. The highest BCUT2D eigenvalue weighted by Gasteiger charge is 2.34. The number of nitrogens with two attached hydrogens (primary N) is 1. The molecule has 4 heterocycles. The minimum Gasteiger partial charge on any atom is -0.387 e. The van der Waals surface area contributed by atoms with Gasteiger partial charge in [0.1, 0.15) is 18.1 Å². The van der Waals surface area contributed by atoms with E-state index in [2.05, 4.69) is 16.7 Å². The average Bonchev–Trinajstić information content (AvgIpc) is 3.26. The molecule has 0 bridgehead atoms. The van der Waals surface area contributed by atoms with E-state index in [9.17, 15) is 9.90 Å². The van der Waals surface area contributed by atoms with Crippen LogP contribution in [0.2, 0.25) is 0 Å². The fourth-order valence-electron chi connectivity index (χ4n) is 4.71. The van der Waals surface area contributed by atoms with E-state index in [0.29, 0.717) is 26.2 Å². The molecule has 1 fully saturated rings. The number of hydrogen-bond donors (Lipinski definition) is 2. The number of hydrogen-bond acceptors (Lipinski definition) is 8. The van der Waals surface area contributed by atoms with Gasteiger partial charge in [0.2, 0.25) is 0 Å². The second-order valence-corrected chi connectivity index (χ2v) is 9.01. The third-order valence-corrected chi connectivity index (χ3v) is 6.91. The Kier molecular flexibility index (Phi) is 5.30. The molecule has 0 atom stereocenters. The van der Waals surface area contributed by atoms with E-state index in [1.54, 1.807) is 4.90 Å². The predicted octanol–water partition coefficient (Wildman–Crippen LogP) is 1.15. The number of fused-ring (bicyclic) bond motifs is 2. The molecule has 0 spiro atoms. The van der Waals surface area contributed by atoms with Crippen molar-refractivity contribution in [1.82, 2.24) is 9.97 Å². The van der Waals surface area contributed by atoms with Crippen molar-refractivity contribution in [3.8, 4) is 0 Å². The van der Waals surface area contributed by atoms with Crippen molar-refractivity contribution in [3.05, 3.63) is 41.9 Å². The lowest BCUT2D eigenvalue weighted by Crippen LogP contribution is -2.47. The Labute approximate surface area is 187 Å². The molecule has 9 heteroatoms. The number of para-hydroxylation sites is 2. The highest BCUT2D eigenvalue weighted by atomic mass is 16.3. The number of carbonyl (C=O) groups is 1. The molecular weight excluding hydrogens is 406 g/mol. The van der Waals surface area contributed by atoms with Gasteiger partial charge in [0.15, 0.2) is 5.84 Å². The summed E-state index contributed by atoms with van der Waals surface area (Å²) in [6, 6.07) is 7.70. The first kappa shape index (κ1) is 20.8. The number of carbonyl (C=O) groups excluding carboxylic acids is 1. The molecule has 3 N–H and O–H groups in total. The van der Waals surface area contributed by atoms with E-state index in [-0.39, 0.29) is 11.3 Å². The predicted molar refractivity (Wildman–Crippen MR) is 124 cm³/mol. The van der Waals surface area contributed by atoms with Crippen LogP contribution in [0.1, 0.15) is 31.2 Å². The van der Waals surface area contributed by atoms with Crippen molar-refractivity contribution >= 4 is 28.9 Å². The van der Waals surface area contributed by atoms with Crippen molar-refractivity contribution in [2.45, 2.75) is 26.3 Å². The molecule has 0 aliphatic carbocycles. The summed E-state index contributed by atoms with van der Waals surface area (Å²) >= 11 is 0. The van der Waals surface area contributed by atoms with E-state index < -0.39 is 6.61 Å². The quantitative estimate of drug-likeness (QED) is 0.744. The first-order valence-electron chi connectivity index (χ1n) is 11.2. The number of benzene rings is 1. The molecule has 32 heavy (non-hydrogen) atoms. The molecule has 5 rings (SSSR count). The third kappa shape index (κ3) is 3.51. The van der Waals surface area contributed by atoms with Crippen molar-refractivity contribution in [3.63, 3.8) is 0 Å². The molecule has 1 aromatic heterocycles. The number of piperidine rings is 1. The van der Waals surface area contributed by atoms with Crippen molar-refractivity contribution in [2.24, 2.45) is 16.1 Å². The van der Waals surface area contributed by atoms with Crippen LogP contribution >= 0.6 is 0 Å². The fraction of sp³-hybridized carbons (Fsp3) is 0.478. The van der Waals surface area contributed by atoms with E-state index in [1.165, 1.54) is 0 Å². The van der Waals surface area contributed by atoms with Crippen LogP contribution in [0, 0.1) is 5.41 Å². The summed E-state index contributed by atoms with van der Waals surface area (Å²) in [7, 11) is 0. The standard InChI is InChI=1S/C23H29N7O2/c1-23(15-24)6-8-28(9-7-23)19-13-25-21-16(27-19)12-26-22(21)30-11-10-29(20(32)14-31)17-4-2-3-5-18(17)30/h2-5,13,31H,6-12,14-15,24H2,1H3. The van der Waals surface area contributed by atoms with Gasteiger partial charge in [0.05, 0.1) is 29.8 Å². The van der Waals surface area contributed by atoms with Crippen molar-refractivity contribution in [1.29, 1.82) is 0 Å². The number of aromatic nitrogens is 2. The van der Waals surface area contributed by atoms with Crippen LogP contribution in [0.4, 0.5) is 17.2 Å². The zero-order valence-corrected chi connectivity index (χ0v) is 18.4. The maximum absolute atomic E-state index is 12.2. The van der Waals surface area contributed by atoms with Gasteiger partial charge in [-0.15, -0.1) is 0 Å². The van der Waals surface area contributed by atoms with Gasteiger partial charge in [-0.25, -0.2) is 9.97 Å². The zero-order chi connectivity index (χ0) is 22.3. The summed E-state index contributed by atoms with van der Waals surface area (Å²) in [5.41, 5.74) is 9.50. The van der Waals surface area contributed by atoms with Gasteiger partial charge in [0.25, 0.3) is 5.91 Å².